The van der Waals surface area contributed by atoms with Crippen LogP contribution in [-0.4, -0.2) is 42.8 Å². The van der Waals surface area contributed by atoms with E-state index in [4.69, 9.17) is 9.15 Å². The summed E-state index contributed by atoms with van der Waals surface area (Å²) >= 11 is 0. The number of furan rings is 1. The first-order valence-corrected chi connectivity index (χ1v) is 12.4. The molecule has 0 amide bonds. The lowest BCUT2D eigenvalue weighted by Gasteiger charge is -2.30. The first-order valence-electron chi connectivity index (χ1n) is 12.4. The van der Waals surface area contributed by atoms with Crippen molar-refractivity contribution >= 4 is 10.9 Å². The molecule has 4 aromatic rings. The van der Waals surface area contributed by atoms with Gasteiger partial charge in [0.05, 0.1) is 31.5 Å². The maximum Gasteiger partial charge on any atom is 0.252 e. The van der Waals surface area contributed by atoms with Crippen molar-refractivity contribution in [3.63, 3.8) is 0 Å². The normalized spacial score (nSPS) is 16.9. The van der Waals surface area contributed by atoms with Gasteiger partial charge in [-0.25, -0.2) is 4.68 Å². The molecule has 1 aliphatic rings. The first kappa shape index (κ1) is 23.4. The van der Waals surface area contributed by atoms with Crippen molar-refractivity contribution in [1.82, 2.24) is 30.1 Å². The number of hydrogen-bond acceptors (Lipinski definition) is 7. The van der Waals surface area contributed by atoms with Crippen LogP contribution in [0.2, 0.25) is 0 Å². The van der Waals surface area contributed by atoms with E-state index >= 15 is 0 Å². The van der Waals surface area contributed by atoms with Gasteiger partial charge in [0.15, 0.2) is 5.82 Å². The van der Waals surface area contributed by atoms with Gasteiger partial charge in [-0.05, 0) is 72.3 Å². The number of aromatic amines is 1. The van der Waals surface area contributed by atoms with Gasteiger partial charge in [0.1, 0.15) is 5.76 Å². The average molecular weight is 477 g/mol. The second kappa shape index (κ2) is 10.5. The molecule has 5 rings (SSSR count). The Balaban J connectivity index is 1.50. The van der Waals surface area contributed by atoms with Crippen LogP contribution in [0.1, 0.15) is 61.4 Å². The molecule has 0 saturated carbocycles. The molecular formula is C26H32N6O3. The van der Waals surface area contributed by atoms with Crippen LogP contribution in [0.25, 0.3) is 10.9 Å². The summed E-state index contributed by atoms with van der Waals surface area (Å²) in [6.07, 6.45) is 5.67. The summed E-state index contributed by atoms with van der Waals surface area (Å²) in [7, 11) is 0. The number of hydrogen-bond donors (Lipinski definition) is 1. The molecule has 1 fully saturated rings. The maximum absolute atomic E-state index is 13.1. The number of nitrogens with zero attached hydrogens (tertiary/aromatic N) is 5. The van der Waals surface area contributed by atoms with Crippen LogP contribution in [0.5, 0.6) is 0 Å². The summed E-state index contributed by atoms with van der Waals surface area (Å²) in [5, 5.41) is 13.8. The predicted octanol–water partition coefficient (Wildman–Crippen LogP) is 4.14. The van der Waals surface area contributed by atoms with E-state index in [1.165, 1.54) is 0 Å². The Morgan fingerprint density at radius 3 is 2.94 bits per heavy atom. The van der Waals surface area contributed by atoms with E-state index in [1.54, 1.807) is 6.26 Å². The summed E-state index contributed by atoms with van der Waals surface area (Å²) in [6, 6.07) is 11.8. The summed E-state index contributed by atoms with van der Waals surface area (Å²) in [5.74, 6) is 1.62. The summed E-state index contributed by atoms with van der Waals surface area (Å²) in [5.41, 5.74) is 2.61. The van der Waals surface area contributed by atoms with Crippen molar-refractivity contribution in [1.29, 1.82) is 0 Å². The fourth-order valence-electron chi connectivity index (χ4n) is 4.90. The third kappa shape index (κ3) is 5.36. The molecule has 0 bridgehead atoms. The minimum atomic E-state index is -0.0888. The molecular weight excluding hydrogens is 444 g/mol. The van der Waals surface area contributed by atoms with Crippen molar-refractivity contribution in [3.8, 4) is 0 Å². The number of aromatic nitrogens is 5. The first-order chi connectivity index (χ1) is 17.1. The zero-order valence-corrected chi connectivity index (χ0v) is 20.3. The second-order valence-corrected chi connectivity index (χ2v) is 9.36. The Kier molecular flexibility index (Phi) is 7.06. The van der Waals surface area contributed by atoms with Crippen LogP contribution in [0.4, 0.5) is 0 Å². The van der Waals surface area contributed by atoms with Gasteiger partial charge < -0.3 is 14.1 Å². The van der Waals surface area contributed by atoms with Gasteiger partial charge in [0.25, 0.3) is 5.56 Å². The second-order valence-electron chi connectivity index (χ2n) is 9.36. The fraction of sp³-hybridized carbons (Fsp3) is 0.462. The van der Waals surface area contributed by atoms with Gasteiger partial charge in [0.2, 0.25) is 0 Å². The molecule has 1 aliphatic heterocycles. The topological polar surface area (TPSA) is 102 Å². The molecule has 4 heterocycles. The molecule has 2 unspecified atom stereocenters. The molecule has 1 aromatic carbocycles. The summed E-state index contributed by atoms with van der Waals surface area (Å²) < 4.78 is 13.4. The van der Waals surface area contributed by atoms with E-state index in [0.717, 1.165) is 60.3 Å². The monoisotopic (exact) mass is 476 g/mol. The van der Waals surface area contributed by atoms with Crippen molar-refractivity contribution in [2.45, 2.75) is 71.3 Å². The lowest BCUT2D eigenvalue weighted by atomic mass is 10.1. The highest BCUT2D eigenvalue weighted by Crippen LogP contribution is 2.29. The predicted molar refractivity (Wildman–Crippen MR) is 132 cm³/mol. The molecule has 2 atom stereocenters. The Morgan fingerprint density at radius 2 is 2.17 bits per heavy atom. The van der Waals surface area contributed by atoms with Crippen LogP contribution in [-0.2, 0) is 24.4 Å². The number of aryl methyl sites for hydroxylation is 1. The number of rotatable bonds is 10. The van der Waals surface area contributed by atoms with Gasteiger partial charge in [-0.15, -0.1) is 5.10 Å². The highest BCUT2D eigenvalue weighted by molar-refractivity contribution is 5.79. The number of pyridine rings is 1. The van der Waals surface area contributed by atoms with Crippen LogP contribution in [0, 0.1) is 6.92 Å². The highest BCUT2D eigenvalue weighted by atomic mass is 16.5. The van der Waals surface area contributed by atoms with Crippen molar-refractivity contribution in [2.24, 2.45) is 0 Å². The molecule has 1 N–H and O–H groups in total. The number of fused-ring (bicyclic) bond motifs is 1. The molecule has 3 aromatic heterocycles. The Hall–Kier alpha value is -3.30. The van der Waals surface area contributed by atoms with E-state index in [-0.39, 0.29) is 17.7 Å². The lowest BCUT2D eigenvalue weighted by molar-refractivity contribution is 0.0878. The van der Waals surface area contributed by atoms with E-state index in [2.05, 4.69) is 45.3 Å². The molecule has 9 nitrogen and oxygen atoms in total. The Bertz CT molecular complexity index is 1310. The zero-order valence-electron chi connectivity index (χ0n) is 20.3. The quantitative estimate of drug-likeness (QED) is 0.367. The minimum absolute atomic E-state index is 0.0833. The Morgan fingerprint density at radius 1 is 1.26 bits per heavy atom. The van der Waals surface area contributed by atoms with E-state index in [0.29, 0.717) is 25.2 Å². The molecule has 35 heavy (non-hydrogen) atoms. The standard InChI is InChI=1S/C26H32N6O3/c1-3-6-24(25-28-29-30-32(25)17-22-8-5-12-35-22)31(16-21-7-4-11-34-21)15-20-14-19-13-18(2)9-10-23(19)27-26(20)33/h4,7,9-11,13-14,22,24H,3,5-6,8,12,15-17H2,1-2H3,(H,27,33). The van der Waals surface area contributed by atoms with Gasteiger partial charge in [0, 0.05) is 24.2 Å². The number of H-pyrrole nitrogens is 1. The summed E-state index contributed by atoms with van der Waals surface area (Å²) in [4.78, 5) is 18.3. The van der Waals surface area contributed by atoms with Crippen molar-refractivity contribution in [2.75, 3.05) is 6.61 Å². The number of ether oxygens (including phenoxy) is 1. The summed E-state index contributed by atoms with van der Waals surface area (Å²) in [6.45, 7) is 6.60. The fourth-order valence-corrected chi connectivity index (χ4v) is 4.90. The van der Waals surface area contributed by atoms with Crippen LogP contribution < -0.4 is 5.56 Å². The largest absolute Gasteiger partial charge is 0.468 e. The molecule has 0 radical (unpaired) electrons. The van der Waals surface area contributed by atoms with Crippen LogP contribution in [0.3, 0.4) is 0 Å². The minimum Gasteiger partial charge on any atom is -0.468 e. The zero-order chi connectivity index (χ0) is 24.2. The third-order valence-corrected chi connectivity index (χ3v) is 6.65. The van der Waals surface area contributed by atoms with Crippen molar-refractivity contribution < 1.29 is 9.15 Å². The van der Waals surface area contributed by atoms with Gasteiger partial charge in [-0.2, -0.15) is 0 Å². The van der Waals surface area contributed by atoms with Crippen LogP contribution >= 0.6 is 0 Å². The van der Waals surface area contributed by atoms with E-state index < -0.39 is 0 Å². The van der Waals surface area contributed by atoms with Gasteiger partial charge >= 0.3 is 0 Å². The molecule has 0 aliphatic carbocycles. The van der Waals surface area contributed by atoms with E-state index in [1.807, 2.05) is 35.0 Å². The smallest absolute Gasteiger partial charge is 0.252 e. The van der Waals surface area contributed by atoms with Gasteiger partial charge in [-0.1, -0.05) is 25.0 Å². The maximum atomic E-state index is 13.1. The number of benzene rings is 1. The third-order valence-electron chi connectivity index (χ3n) is 6.65. The van der Waals surface area contributed by atoms with Crippen molar-refractivity contribution in [3.05, 3.63) is 75.7 Å². The van der Waals surface area contributed by atoms with Crippen LogP contribution in [0.15, 0.2) is 51.9 Å². The Labute approximate surface area is 204 Å². The SMILES string of the molecule is CCCC(c1nnnn1CC1CCCO1)N(Cc1ccco1)Cc1cc2cc(C)ccc2[nH]c1=O. The number of nitrogens with one attached hydrogen (secondary N) is 1. The van der Waals surface area contributed by atoms with E-state index in [9.17, 15) is 4.79 Å². The highest BCUT2D eigenvalue weighted by Gasteiger charge is 2.29. The lowest BCUT2D eigenvalue weighted by Crippen LogP contribution is -2.33. The molecule has 9 heteroatoms. The molecule has 184 valence electrons. The average Bonchev–Trinajstić information content (AvgIpc) is 3.62. The number of tetrazole rings is 1. The van der Waals surface area contributed by atoms with Gasteiger partial charge in [-0.3, -0.25) is 9.69 Å². The molecule has 0 spiro atoms. The molecule has 1 saturated heterocycles.